The van der Waals surface area contributed by atoms with Crippen molar-refractivity contribution < 1.29 is 37.6 Å². The highest BCUT2D eigenvalue weighted by Gasteiger charge is 2.28. The second-order valence-electron chi connectivity index (χ2n) is 4.22. The minimum Gasteiger partial charge on any atom is -0.395 e. The summed E-state index contributed by atoms with van der Waals surface area (Å²) in [5.41, 5.74) is 5.47. The van der Waals surface area contributed by atoms with Gasteiger partial charge in [0.15, 0.2) is 0 Å². The van der Waals surface area contributed by atoms with Crippen molar-refractivity contribution in [1.29, 1.82) is 0 Å². The minimum absolute atomic E-state index is 0.143. The van der Waals surface area contributed by atoms with E-state index in [1.807, 2.05) is 0 Å². The highest BCUT2D eigenvalue weighted by molar-refractivity contribution is 8.00. The summed E-state index contributed by atoms with van der Waals surface area (Å²) in [6.07, 6.45) is -3.99. The summed E-state index contributed by atoms with van der Waals surface area (Å²) in [6.45, 7) is 0.312. The van der Waals surface area contributed by atoms with Crippen LogP contribution in [0.15, 0.2) is 0 Å². The zero-order chi connectivity index (χ0) is 15.9. The maximum absolute atomic E-state index is 10.5. The zero-order valence-corrected chi connectivity index (χ0v) is 12.5. The topological polar surface area (TPSA) is 171 Å². The van der Waals surface area contributed by atoms with E-state index in [0.29, 0.717) is 0 Å². The van der Waals surface area contributed by atoms with Crippen LogP contribution in [-0.4, -0.2) is 82.0 Å². The summed E-state index contributed by atoms with van der Waals surface area (Å²) in [6, 6.07) is -0.598. The van der Waals surface area contributed by atoms with Gasteiger partial charge in [0, 0.05) is 11.8 Å². The first-order chi connectivity index (χ1) is 9.12. The number of aliphatic hydroxyl groups is 4. The molecule has 0 aliphatic carbocycles. The standard InChI is InChI=1S/C9H21NO8S2/c1-5(10)9(14)8(3-12)19-4-6(13)7(2-11)18-20(15,16)17/h5-9,11-14H,2-4,10H2,1H3,(H,15,16,17)/t5-,6-,7+,8-,9+/m1/s1. The van der Waals surface area contributed by atoms with Gasteiger partial charge in [0.2, 0.25) is 0 Å². The largest absolute Gasteiger partial charge is 0.397 e. The predicted octanol–water partition coefficient (Wildman–Crippen LogP) is -2.67. The molecule has 122 valence electrons. The van der Waals surface area contributed by atoms with E-state index in [2.05, 4.69) is 4.18 Å². The molecule has 0 aromatic rings. The van der Waals surface area contributed by atoms with Crippen LogP contribution in [0.1, 0.15) is 6.92 Å². The van der Waals surface area contributed by atoms with Gasteiger partial charge < -0.3 is 26.2 Å². The molecular weight excluding hydrogens is 314 g/mol. The molecule has 0 spiro atoms. The monoisotopic (exact) mass is 335 g/mol. The first-order valence-corrected chi connectivity index (χ1v) is 8.14. The van der Waals surface area contributed by atoms with E-state index in [9.17, 15) is 18.6 Å². The van der Waals surface area contributed by atoms with Gasteiger partial charge in [-0.1, -0.05) is 0 Å². The molecule has 0 amide bonds. The molecule has 0 aromatic heterocycles. The molecule has 0 aliphatic rings. The molecule has 0 unspecified atom stereocenters. The number of thioether (sulfide) groups is 1. The normalized spacial score (nSPS) is 20.1. The number of hydrogen-bond acceptors (Lipinski definition) is 9. The minimum atomic E-state index is -4.80. The lowest BCUT2D eigenvalue weighted by molar-refractivity contribution is 0.0114. The Morgan fingerprint density at radius 3 is 2.15 bits per heavy atom. The third kappa shape index (κ3) is 7.71. The van der Waals surface area contributed by atoms with Crippen molar-refractivity contribution in [2.24, 2.45) is 5.73 Å². The van der Waals surface area contributed by atoms with Crippen LogP contribution in [0, 0.1) is 0 Å². The summed E-state index contributed by atoms with van der Waals surface area (Å²) in [7, 11) is -4.80. The van der Waals surface area contributed by atoms with Gasteiger partial charge >= 0.3 is 10.4 Å². The van der Waals surface area contributed by atoms with Crippen molar-refractivity contribution in [3.63, 3.8) is 0 Å². The first-order valence-electron chi connectivity index (χ1n) is 5.73. The fraction of sp³-hybridized carbons (Fsp3) is 1.00. The molecule has 0 fully saturated rings. The van der Waals surface area contributed by atoms with Crippen LogP contribution in [0.3, 0.4) is 0 Å². The second-order valence-corrected chi connectivity index (χ2v) is 6.54. The molecule has 0 aliphatic heterocycles. The van der Waals surface area contributed by atoms with Crippen LogP contribution in [0.2, 0.25) is 0 Å². The van der Waals surface area contributed by atoms with E-state index in [1.165, 1.54) is 0 Å². The molecule has 9 nitrogen and oxygen atoms in total. The number of hydrogen-bond donors (Lipinski definition) is 6. The summed E-state index contributed by atoms with van der Waals surface area (Å²) in [5, 5.41) is 36.7. The Morgan fingerprint density at radius 1 is 1.25 bits per heavy atom. The van der Waals surface area contributed by atoms with Crippen molar-refractivity contribution in [2.75, 3.05) is 19.0 Å². The average molecular weight is 335 g/mol. The van der Waals surface area contributed by atoms with Crippen molar-refractivity contribution in [1.82, 2.24) is 0 Å². The highest BCUT2D eigenvalue weighted by atomic mass is 32.3. The molecule has 0 bridgehead atoms. The van der Waals surface area contributed by atoms with Gasteiger partial charge in [0.1, 0.15) is 6.10 Å². The third-order valence-corrected chi connectivity index (χ3v) is 4.32. The van der Waals surface area contributed by atoms with Crippen LogP contribution >= 0.6 is 11.8 Å². The van der Waals surface area contributed by atoms with Crippen molar-refractivity contribution >= 4 is 22.2 Å². The van der Waals surface area contributed by atoms with Gasteiger partial charge in [-0.15, -0.1) is 0 Å². The van der Waals surface area contributed by atoms with Gasteiger partial charge in [0.25, 0.3) is 0 Å². The summed E-state index contributed by atoms with van der Waals surface area (Å²) in [4.78, 5) is 0. The molecule has 0 saturated heterocycles. The quantitative estimate of drug-likeness (QED) is 0.231. The fourth-order valence-electron chi connectivity index (χ4n) is 1.30. The summed E-state index contributed by atoms with van der Waals surface area (Å²) < 4.78 is 33.6. The molecule has 7 N–H and O–H groups in total. The van der Waals surface area contributed by atoms with Crippen molar-refractivity contribution in [3.05, 3.63) is 0 Å². The third-order valence-electron chi connectivity index (χ3n) is 2.43. The lowest BCUT2D eigenvalue weighted by atomic mass is 10.1. The van der Waals surface area contributed by atoms with E-state index in [-0.39, 0.29) is 5.75 Å². The maximum atomic E-state index is 10.5. The van der Waals surface area contributed by atoms with E-state index in [0.717, 1.165) is 11.8 Å². The first kappa shape index (κ1) is 20.0. The molecule has 11 heteroatoms. The fourth-order valence-corrected chi connectivity index (χ4v) is 3.01. The van der Waals surface area contributed by atoms with E-state index < -0.39 is 53.2 Å². The second kappa shape index (κ2) is 9.12. The van der Waals surface area contributed by atoms with Crippen LogP contribution in [0.4, 0.5) is 0 Å². The average Bonchev–Trinajstić information content (AvgIpc) is 2.34. The van der Waals surface area contributed by atoms with Crippen LogP contribution in [-0.2, 0) is 14.6 Å². The zero-order valence-electron chi connectivity index (χ0n) is 10.9. The van der Waals surface area contributed by atoms with Gasteiger partial charge in [-0.25, -0.2) is 4.18 Å². The van der Waals surface area contributed by atoms with Crippen LogP contribution < -0.4 is 5.73 Å². The Morgan fingerprint density at radius 2 is 1.80 bits per heavy atom. The van der Waals surface area contributed by atoms with E-state index in [4.69, 9.17) is 20.5 Å². The molecule has 0 saturated carbocycles. The lowest BCUT2D eigenvalue weighted by Gasteiger charge is -2.25. The molecule has 0 aromatic carbocycles. The molecular formula is C9H21NO8S2. The van der Waals surface area contributed by atoms with Gasteiger partial charge in [-0.2, -0.15) is 20.2 Å². The van der Waals surface area contributed by atoms with Gasteiger partial charge in [-0.05, 0) is 6.92 Å². The Bertz CT molecular complexity index is 363. The van der Waals surface area contributed by atoms with Gasteiger partial charge in [0.05, 0.1) is 30.7 Å². The molecule has 20 heavy (non-hydrogen) atoms. The van der Waals surface area contributed by atoms with Crippen molar-refractivity contribution in [2.45, 2.75) is 36.5 Å². The highest BCUT2D eigenvalue weighted by Crippen LogP contribution is 2.19. The predicted molar refractivity (Wildman–Crippen MR) is 72.5 cm³/mol. The SMILES string of the molecule is C[C@@H](N)[C@H](O)[C@@H](CO)SC[C@@H](O)[C@H](CO)OS(=O)(=O)O. The Balaban J connectivity index is 4.46. The van der Waals surface area contributed by atoms with Crippen molar-refractivity contribution in [3.8, 4) is 0 Å². The smallest absolute Gasteiger partial charge is 0.395 e. The molecule has 0 heterocycles. The molecule has 0 rings (SSSR count). The number of rotatable bonds is 10. The lowest BCUT2D eigenvalue weighted by Crippen LogP contribution is -2.42. The Hall–Kier alpha value is 0.0200. The van der Waals surface area contributed by atoms with E-state index in [1.54, 1.807) is 6.92 Å². The Kier molecular flexibility index (Phi) is 9.13. The summed E-state index contributed by atoms with van der Waals surface area (Å²) >= 11 is 0.938. The van der Waals surface area contributed by atoms with Crippen LogP contribution in [0.25, 0.3) is 0 Å². The Labute approximate surface area is 121 Å². The number of nitrogens with two attached hydrogens (primary N) is 1. The molecule has 0 radical (unpaired) electrons. The van der Waals surface area contributed by atoms with E-state index >= 15 is 0 Å². The number of aliphatic hydroxyl groups excluding tert-OH is 4. The summed E-state index contributed by atoms with van der Waals surface area (Å²) in [5.74, 6) is -0.143. The molecule has 5 atom stereocenters. The van der Waals surface area contributed by atoms with Crippen LogP contribution in [0.5, 0.6) is 0 Å². The van der Waals surface area contributed by atoms with Gasteiger partial charge in [-0.3, -0.25) is 4.55 Å². The maximum Gasteiger partial charge on any atom is 0.397 e.